The number of carbonyl (C=O) groups is 14. The normalized spacial score (nSPS) is 17.4. The van der Waals surface area contributed by atoms with Gasteiger partial charge < -0.3 is 78.3 Å². The molecule has 105 heavy (non-hydrogen) atoms. The summed E-state index contributed by atoms with van der Waals surface area (Å²) in [5.41, 5.74) is 2.51. The van der Waals surface area contributed by atoms with Crippen molar-refractivity contribution in [2.24, 2.45) is 17.8 Å². The second kappa shape index (κ2) is 44.7. The highest BCUT2D eigenvalue weighted by atomic mass is 16.4. The average Bonchev–Trinajstić information content (AvgIpc) is 0.836. The average molecular weight is 1470 g/mol. The number of aliphatic carboxylic acids is 7. The molecule has 33 heteroatoms. The van der Waals surface area contributed by atoms with Crippen molar-refractivity contribution in [3.8, 4) is 0 Å². The third-order valence-corrected chi connectivity index (χ3v) is 18.5. The molecule has 578 valence electrons. The molecule has 0 bridgehead atoms. The number of carbonyl (C=O) groups excluding carboxylic acids is 7. The van der Waals surface area contributed by atoms with Gasteiger partial charge in [0.2, 0.25) is 35.4 Å². The van der Waals surface area contributed by atoms with Gasteiger partial charge in [-0.05, 0) is 123 Å². The molecule has 5 rings (SSSR count). The number of hydrogen-bond donors (Lipinski definition) is 15. The summed E-state index contributed by atoms with van der Waals surface area (Å²) in [5, 5.41) is 90.1. The maximum absolute atomic E-state index is 14.3. The summed E-state index contributed by atoms with van der Waals surface area (Å²) in [6, 6.07) is 12.8. The number of fused-ring (bicyclic) bond motifs is 1. The van der Waals surface area contributed by atoms with Gasteiger partial charge in [0.25, 0.3) is 0 Å². The summed E-state index contributed by atoms with van der Waals surface area (Å²) < 4.78 is 0. The Balaban J connectivity index is 1.22. The number of amides is 8. The Labute approximate surface area is 609 Å². The summed E-state index contributed by atoms with van der Waals surface area (Å²) in [4.78, 5) is 185. The fourth-order valence-electron chi connectivity index (χ4n) is 12.6. The molecular weight excluding hydrogens is 1370 g/mol. The Morgan fingerprint density at radius 2 is 0.914 bits per heavy atom. The molecule has 2 fully saturated rings. The highest BCUT2D eigenvalue weighted by molar-refractivity contribution is 5.92. The maximum Gasteiger partial charge on any atom is 0.326 e. The van der Waals surface area contributed by atoms with Crippen molar-refractivity contribution in [1.29, 1.82) is 0 Å². The lowest BCUT2D eigenvalue weighted by atomic mass is 9.81. The van der Waals surface area contributed by atoms with E-state index in [0.717, 1.165) is 28.3 Å². The number of rotatable bonds is 42. The number of carboxylic acids is 7. The molecule has 0 radical (unpaired) electrons. The number of nitrogens with zero attached hydrogens (tertiary/aromatic N) is 4. The van der Waals surface area contributed by atoms with Gasteiger partial charge in [-0.3, -0.25) is 67.5 Å². The van der Waals surface area contributed by atoms with Gasteiger partial charge >= 0.3 is 47.8 Å². The first kappa shape index (κ1) is 85.8. The fraction of sp³-hybridized carbons (Fsp3) is 0.583. The molecule has 1 saturated heterocycles. The largest absolute Gasteiger partial charge is 0.481 e. The van der Waals surface area contributed by atoms with Gasteiger partial charge in [0.15, 0.2) is 0 Å². The van der Waals surface area contributed by atoms with E-state index in [0.29, 0.717) is 37.2 Å². The minimum absolute atomic E-state index is 0.0371. The summed E-state index contributed by atoms with van der Waals surface area (Å²) in [5.74, 6) is -13.2. The molecule has 33 nitrogen and oxygen atoms in total. The van der Waals surface area contributed by atoms with Gasteiger partial charge in [0.1, 0.15) is 30.2 Å². The van der Waals surface area contributed by atoms with Gasteiger partial charge in [-0.25, -0.2) is 19.2 Å². The van der Waals surface area contributed by atoms with Crippen molar-refractivity contribution in [1.82, 2.24) is 62.1 Å². The third-order valence-electron chi connectivity index (χ3n) is 18.5. The van der Waals surface area contributed by atoms with E-state index in [-0.39, 0.29) is 155 Å². The van der Waals surface area contributed by atoms with Crippen molar-refractivity contribution in [3.63, 3.8) is 0 Å². The molecule has 0 aromatic heterocycles. The van der Waals surface area contributed by atoms with Crippen LogP contribution in [0.15, 0.2) is 66.7 Å². The molecule has 2 aliphatic rings. The molecule has 1 saturated carbocycles. The van der Waals surface area contributed by atoms with E-state index >= 15 is 0 Å². The summed E-state index contributed by atoms with van der Waals surface area (Å²) >= 11 is 0. The van der Waals surface area contributed by atoms with Crippen LogP contribution in [0.2, 0.25) is 0 Å². The van der Waals surface area contributed by atoms with Crippen LogP contribution in [0.5, 0.6) is 0 Å². The molecule has 1 heterocycles. The SMILES string of the molecule is CC(C)Cc1ccc(C(C)C(=O)NC(CC(=O)NCCCCC(NC(=O)CN2CCN(CC(=O)O)CCN(CC(=O)O)CCN(CC(=O)O)CC2)C(=O)NCC2CCC(C(=O)NC(Cc3ccc4ccccc4c3)C(=O)NCCCCC(NC(=O)NC(CCC(=O)O)C(=O)O)C(=O)O)CC2)C(=O)O)cc1. The maximum atomic E-state index is 14.3. The molecule has 3 aromatic carbocycles. The van der Waals surface area contributed by atoms with Crippen LogP contribution in [0.1, 0.15) is 127 Å². The van der Waals surface area contributed by atoms with Crippen LogP contribution in [0.3, 0.4) is 0 Å². The highest BCUT2D eigenvalue weighted by Crippen LogP contribution is 2.29. The third kappa shape index (κ3) is 32.8. The zero-order chi connectivity index (χ0) is 77.1. The summed E-state index contributed by atoms with van der Waals surface area (Å²) in [6.07, 6.45) is 2.00. The van der Waals surface area contributed by atoms with E-state index in [1.807, 2.05) is 66.7 Å². The zero-order valence-electron chi connectivity index (χ0n) is 59.9. The Hall–Kier alpha value is -9.86. The van der Waals surface area contributed by atoms with E-state index in [9.17, 15) is 97.8 Å². The topological polar surface area (TPSA) is 490 Å². The molecule has 1 aliphatic heterocycles. The Morgan fingerprint density at radius 1 is 0.429 bits per heavy atom. The molecule has 6 unspecified atom stereocenters. The smallest absolute Gasteiger partial charge is 0.326 e. The predicted octanol–water partition coefficient (Wildman–Crippen LogP) is 1.35. The Kier molecular flexibility index (Phi) is 36.5. The van der Waals surface area contributed by atoms with Crippen molar-refractivity contribution in [2.45, 2.75) is 153 Å². The van der Waals surface area contributed by atoms with Crippen molar-refractivity contribution < 1.29 is 103 Å². The molecule has 0 spiro atoms. The monoisotopic (exact) mass is 1470 g/mol. The summed E-state index contributed by atoms with van der Waals surface area (Å²) in [7, 11) is 0. The lowest BCUT2D eigenvalue weighted by Gasteiger charge is -2.33. The van der Waals surface area contributed by atoms with E-state index in [1.54, 1.807) is 26.5 Å². The number of benzene rings is 3. The standard InChI is InChI=1S/C72H104N12O21/c1-45(2)36-47-14-19-50(20-15-47)46(3)65(95)78-58(71(103)104)39-59(85)73-26-8-6-12-54(76-60(86)41-81-28-30-82(42-62(89)90)32-34-84(44-64(93)94)35-33-83(31-29-81)43-63(91)92)67(97)75-40-48-16-22-52(23-17-48)66(96)77-57(38-49-18-21-51-10-4-5-11-53(51)37-49)68(98)74-27-9-7-13-55(69(99)100)79-72(105)80-56(70(101)102)24-25-61(87)88/h4-5,10-11,14-15,18-21,37,45-46,48,52,54-58H,6-9,12-13,16-17,22-36,38-44H2,1-3H3,(H,73,85)(H,74,98)(H,75,97)(H,76,86)(H,77,96)(H,78,95)(H,87,88)(H,89,90)(H,91,92)(H,93,94)(H,99,100)(H,101,102)(H,103,104)(H2,79,80,105). The number of urea groups is 1. The summed E-state index contributed by atoms with van der Waals surface area (Å²) in [6.45, 7) is 5.73. The lowest BCUT2D eigenvalue weighted by Crippen LogP contribution is -2.52. The first-order valence-electron chi connectivity index (χ1n) is 35.7. The first-order chi connectivity index (χ1) is 49.9. The first-order valence-corrected chi connectivity index (χ1v) is 35.7. The fourth-order valence-corrected chi connectivity index (χ4v) is 12.6. The van der Waals surface area contributed by atoms with Crippen molar-refractivity contribution in [2.75, 3.05) is 98.2 Å². The van der Waals surface area contributed by atoms with E-state index in [2.05, 4.69) is 56.4 Å². The van der Waals surface area contributed by atoms with Crippen LogP contribution in [-0.4, -0.2) is 267 Å². The van der Waals surface area contributed by atoms with E-state index in [1.165, 1.54) is 0 Å². The Morgan fingerprint density at radius 3 is 1.43 bits per heavy atom. The number of unbranched alkanes of at least 4 members (excludes halogenated alkanes) is 2. The van der Waals surface area contributed by atoms with Crippen LogP contribution >= 0.6 is 0 Å². The minimum Gasteiger partial charge on any atom is -0.481 e. The minimum atomic E-state index is -1.59. The number of hydrogen-bond acceptors (Lipinski definition) is 18. The van der Waals surface area contributed by atoms with Crippen LogP contribution < -0.4 is 42.5 Å². The van der Waals surface area contributed by atoms with Gasteiger partial charge in [0.05, 0.1) is 38.5 Å². The lowest BCUT2D eigenvalue weighted by molar-refractivity contribution is -0.143. The van der Waals surface area contributed by atoms with Gasteiger partial charge in [0, 0.05) is 90.8 Å². The van der Waals surface area contributed by atoms with Crippen molar-refractivity contribution in [3.05, 3.63) is 83.4 Å². The number of nitrogens with one attached hydrogen (secondary N) is 8. The zero-order valence-corrected chi connectivity index (χ0v) is 59.9. The van der Waals surface area contributed by atoms with Crippen LogP contribution in [0.4, 0.5) is 4.79 Å². The molecule has 1 aliphatic carbocycles. The van der Waals surface area contributed by atoms with E-state index < -0.39 is 139 Å². The van der Waals surface area contributed by atoms with Crippen molar-refractivity contribution >= 4 is 94.0 Å². The number of carboxylic acid groups (broad SMARTS) is 7. The molecule has 8 amide bonds. The molecule has 3 aromatic rings. The van der Waals surface area contributed by atoms with Gasteiger partial charge in [-0.1, -0.05) is 80.6 Å². The van der Waals surface area contributed by atoms with Crippen LogP contribution in [0, 0.1) is 17.8 Å². The second-order valence-corrected chi connectivity index (χ2v) is 27.4. The Bertz CT molecular complexity index is 3410. The van der Waals surface area contributed by atoms with Gasteiger partial charge in [-0.2, -0.15) is 0 Å². The highest BCUT2D eigenvalue weighted by Gasteiger charge is 2.33. The molecule has 6 atom stereocenters. The van der Waals surface area contributed by atoms with Crippen LogP contribution in [0.25, 0.3) is 10.8 Å². The predicted molar refractivity (Wildman–Crippen MR) is 381 cm³/mol. The molecular formula is C72H104N12O21. The quantitative estimate of drug-likeness (QED) is 0.0356. The van der Waals surface area contributed by atoms with Crippen LogP contribution in [-0.2, 0) is 75.2 Å². The second-order valence-electron chi connectivity index (χ2n) is 27.4. The van der Waals surface area contributed by atoms with Gasteiger partial charge in [-0.15, -0.1) is 0 Å². The molecule has 15 N–H and O–H groups in total. The van der Waals surface area contributed by atoms with E-state index in [4.69, 9.17) is 5.11 Å².